The summed E-state index contributed by atoms with van der Waals surface area (Å²) in [4.78, 5) is 2.47. The molecular formula is C14H21ClN2. The van der Waals surface area contributed by atoms with Gasteiger partial charge in [-0.25, -0.2) is 0 Å². The van der Waals surface area contributed by atoms with Crippen molar-refractivity contribution in [2.45, 2.75) is 38.8 Å². The van der Waals surface area contributed by atoms with E-state index in [9.17, 15) is 0 Å². The van der Waals surface area contributed by atoms with Gasteiger partial charge in [-0.15, -0.1) is 0 Å². The Bertz CT molecular complexity index is 367. The summed E-state index contributed by atoms with van der Waals surface area (Å²) >= 11 is 6.31. The van der Waals surface area contributed by atoms with Crippen LogP contribution in [0.4, 0.5) is 5.69 Å². The summed E-state index contributed by atoms with van der Waals surface area (Å²) in [7, 11) is 0. The van der Waals surface area contributed by atoms with Crippen molar-refractivity contribution in [2.24, 2.45) is 0 Å². The topological polar surface area (TPSA) is 15.3 Å². The van der Waals surface area contributed by atoms with E-state index in [0.717, 1.165) is 31.0 Å². The van der Waals surface area contributed by atoms with Gasteiger partial charge in [0.1, 0.15) is 0 Å². The van der Waals surface area contributed by atoms with Crippen molar-refractivity contribution in [3.8, 4) is 0 Å². The highest BCUT2D eigenvalue weighted by Crippen LogP contribution is 2.29. The Hall–Kier alpha value is -0.730. The molecule has 2 unspecified atom stereocenters. The first-order valence-corrected chi connectivity index (χ1v) is 6.88. The van der Waals surface area contributed by atoms with Crippen molar-refractivity contribution in [3.63, 3.8) is 0 Å². The highest BCUT2D eigenvalue weighted by atomic mass is 35.5. The van der Waals surface area contributed by atoms with Gasteiger partial charge in [-0.2, -0.15) is 0 Å². The van der Waals surface area contributed by atoms with Gasteiger partial charge in [-0.1, -0.05) is 37.6 Å². The standard InChI is InChI=1S/C14H21ClN2/c1-3-11-10-17(12(4-2)9-16-11)14-8-6-5-7-13(14)15/h5-8,11-12,16H,3-4,9-10H2,1-2H3. The second-order valence-corrected chi connectivity index (χ2v) is 5.09. The Balaban J connectivity index is 2.23. The average Bonchev–Trinajstić information content (AvgIpc) is 2.38. The van der Waals surface area contributed by atoms with Crippen LogP contribution in [0.5, 0.6) is 0 Å². The van der Waals surface area contributed by atoms with E-state index in [4.69, 9.17) is 11.6 Å². The lowest BCUT2D eigenvalue weighted by Gasteiger charge is -2.42. The molecule has 0 spiro atoms. The number of nitrogens with one attached hydrogen (secondary N) is 1. The third-order valence-corrected chi connectivity index (χ3v) is 3.95. The molecule has 1 aromatic carbocycles. The molecule has 2 rings (SSSR count). The van der Waals surface area contributed by atoms with Crippen LogP contribution in [0.25, 0.3) is 0 Å². The average molecular weight is 253 g/mol. The molecule has 0 amide bonds. The summed E-state index contributed by atoms with van der Waals surface area (Å²) in [5.74, 6) is 0. The number of nitrogens with zero attached hydrogens (tertiary/aromatic N) is 1. The number of hydrogen-bond donors (Lipinski definition) is 1. The SMILES string of the molecule is CCC1CN(c2ccccc2Cl)C(CC)CN1. The first kappa shape index (κ1) is 12.7. The van der Waals surface area contributed by atoms with Gasteiger partial charge in [-0.05, 0) is 25.0 Å². The van der Waals surface area contributed by atoms with Crippen LogP contribution in [-0.4, -0.2) is 25.2 Å². The third kappa shape index (κ3) is 2.75. The Morgan fingerprint density at radius 3 is 2.71 bits per heavy atom. The van der Waals surface area contributed by atoms with Gasteiger partial charge in [0.2, 0.25) is 0 Å². The van der Waals surface area contributed by atoms with Gasteiger partial charge in [0.15, 0.2) is 0 Å². The molecule has 2 atom stereocenters. The fraction of sp³-hybridized carbons (Fsp3) is 0.571. The molecule has 0 bridgehead atoms. The molecule has 1 fully saturated rings. The van der Waals surface area contributed by atoms with Crippen LogP contribution in [-0.2, 0) is 0 Å². The van der Waals surface area contributed by atoms with Crippen LogP contribution in [0, 0.1) is 0 Å². The molecular weight excluding hydrogens is 232 g/mol. The van der Waals surface area contributed by atoms with Gasteiger partial charge in [-0.3, -0.25) is 0 Å². The first-order chi connectivity index (χ1) is 8.26. The van der Waals surface area contributed by atoms with Crippen molar-refractivity contribution < 1.29 is 0 Å². The van der Waals surface area contributed by atoms with Crippen LogP contribution in [0.15, 0.2) is 24.3 Å². The monoisotopic (exact) mass is 252 g/mol. The summed E-state index contributed by atoms with van der Waals surface area (Å²) in [5.41, 5.74) is 1.18. The Morgan fingerprint density at radius 1 is 1.29 bits per heavy atom. The van der Waals surface area contributed by atoms with E-state index in [1.165, 1.54) is 5.69 Å². The van der Waals surface area contributed by atoms with E-state index in [2.05, 4.69) is 36.2 Å². The molecule has 1 N–H and O–H groups in total. The van der Waals surface area contributed by atoms with Crippen molar-refractivity contribution in [1.82, 2.24) is 5.32 Å². The van der Waals surface area contributed by atoms with E-state index in [1.54, 1.807) is 0 Å². The second kappa shape index (κ2) is 5.74. The van der Waals surface area contributed by atoms with Crippen molar-refractivity contribution >= 4 is 17.3 Å². The fourth-order valence-electron chi connectivity index (χ4n) is 2.48. The lowest BCUT2D eigenvalue weighted by molar-refractivity contribution is 0.379. The molecule has 1 aliphatic heterocycles. The first-order valence-electron chi connectivity index (χ1n) is 6.50. The van der Waals surface area contributed by atoms with Crippen LogP contribution in [0.1, 0.15) is 26.7 Å². The normalized spacial score (nSPS) is 25.0. The molecule has 3 heteroatoms. The molecule has 1 saturated heterocycles. The number of para-hydroxylation sites is 1. The molecule has 94 valence electrons. The molecule has 0 saturated carbocycles. The van der Waals surface area contributed by atoms with E-state index in [-0.39, 0.29) is 0 Å². The Labute approximate surface area is 109 Å². The summed E-state index contributed by atoms with van der Waals surface area (Å²) < 4.78 is 0. The Kier molecular flexibility index (Phi) is 4.30. The van der Waals surface area contributed by atoms with Crippen LogP contribution in [0.2, 0.25) is 5.02 Å². The molecule has 1 heterocycles. The maximum atomic E-state index is 6.31. The zero-order valence-electron chi connectivity index (χ0n) is 10.6. The number of piperazine rings is 1. The van der Waals surface area contributed by atoms with Crippen LogP contribution < -0.4 is 10.2 Å². The number of rotatable bonds is 3. The van der Waals surface area contributed by atoms with E-state index in [0.29, 0.717) is 12.1 Å². The zero-order chi connectivity index (χ0) is 12.3. The van der Waals surface area contributed by atoms with Gasteiger partial charge < -0.3 is 10.2 Å². The number of hydrogen-bond acceptors (Lipinski definition) is 2. The number of anilines is 1. The fourth-order valence-corrected chi connectivity index (χ4v) is 2.73. The lowest BCUT2D eigenvalue weighted by atomic mass is 10.0. The highest BCUT2D eigenvalue weighted by Gasteiger charge is 2.26. The minimum absolute atomic E-state index is 0.553. The van der Waals surface area contributed by atoms with Crippen molar-refractivity contribution in [1.29, 1.82) is 0 Å². The molecule has 0 aliphatic carbocycles. The van der Waals surface area contributed by atoms with Crippen molar-refractivity contribution in [3.05, 3.63) is 29.3 Å². The van der Waals surface area contributed by atoms with Gasteiger partial charge in [0.25, 0.3) is 0 Å². The summed E-state index contributed by atoms with van der Waals surface area (Å²) in [6, 6.07) is 9.30. The zero-order valence-corrected chi connectivity index (χ0v) is 11.4. The molecule has 0 aromatic heterocycles. The third-order valence-electron chi connectivity index (χ3n) is 3.63. The predicted molar refractivity (Wildman–Crippen MR) is 75.0 cm³/mol. The second-order valence-electron chi connectivity index (χ2n) is 4.68. The maximum Gasteiger partial charge on any atom is 0.0639 e. The Morgan fingerprint density at radius 2 is 2.06 bits per heavy atom. The molecule has 0 radical (unpaired) electrons. The van der Waals surface area contributed by atoms with Crippen LogP contribution >= 0.6 is 11.6 Å². The molecule has 2 nitrogen and oxygen atoms in total. The number of benzene rings is 1. The van der Waals surface area contributed by atoms with Gasteiger partial charge in [0, 0.05) is 25.2 Å². The minimum Gasteiger partial charge on any atom is -0.365 e. The lowest BCUT2D eigenvalue weighted by Crippen LogP contribution is -2.56. The maximum absolute atomic E-state index is 6.31. The quantitative estimate of drug-likeness (QED) is 0.888. The molecule has 1 aliphatic rings. The van der Waals surface area contributed by atoms with Gasteiger partial charge >= 0.3 is 0 Å². The highest BCUT2D eigenvalue weighted by molar-refractivity contribution is 6.33. The molecule has 1 aromatic rings. The summed E-state index contributed by atoms with van der Waals surface area (Å²) in [5, 5.41) is 4.47. The summed E-state index contributed by atoms with van der Waals surface area (Å²) in [6.45, 7) is 6.58. The summed E-state index contributed by atoms with van der Waals surface area (Å²) in [6.07, 6.45) is 2.31. The minimum atomic E-state index is 0.553. The largest absolute Gasteiger partial charge is 0.365 e. The van der Waals surface area contributed by atoms with Crippen LogP contribution in [0.3, 0.4) is 0 Å². The van der Waals surface area contributed by atoms with E-state index < -0.39 is 0 Å². The van der Waals surface area contributed by atoms with Gasteiger partial charge in [0.05, 0.1) is 10.7 Å². The smallest absolute Gasteiger partial charge is 0.0639 e. The van der Waals surface area contributed by atoms with E-state index in [1.807, 2.05) is 12.1 Å². The predicted octanol–water partition coefficient (Wildman–Crippen LogP) is 3.31. The number of halogens is 1. The van der Waals surface area contributed by atoms with Crippen molar-refractivity contribution in [2.75, 3.05) is 18.0 Å². The van der Waals surface area contributed by atoms with E-state index >= 15 is 0 Å². The molecule has 17 heavy (non-hydrogen) atoms.